The number of aliphatic hydroxyl groups is 1. The first-order chi connectivity index (χ1) is 9.70. The Morgan fingerprint density at radius 2 is 2.00 bits per heavy atom. The number of aryl methyl sites for hydroxylation is 1. The molecule has 3 heteroatoms. The molecule has 20 heavy (non-hydrogen) atoms. The van der Waals surface area contributed by atoms with Crippen molar-refractivity contribution in [3.8, 4) is 0 Å². The van der Waals surface area contributed by atoms with Crippen LogP contribution in [-0.2, 0) is 13.0 Å². The third-order valence-electron chi connectivity index (χ3n) is 3.99. The van der Waals surface area contributed by atoms with Crippen LogP contribution in [0.4, 0.5) is 15.8 Å². The summed E-state index contributed by atoms with van der Waals surface area (Å²) in [7, 11) is 0. The summed E-state index contributed by atoms with van der Waals surface area (Å²) in [5.41, 5.74) is 3.99. The monoisotopic (exact) mass is 271 g/mol. The number of benzene rings is 2. The summed E-state index contributed by atoms with van der Waals surface area (Å²) in [6, 6.07) is 13.3. The molecule has 1 unspecified atom stereocenters. The molecule has 0 saturated carbocycles. The number of anilines is 2. The van der Waals surface area contributed by atoms with E-state index in [9.17, 15) is 9.50 Å². The first kappa shape index (κ1) is 13.1. The van der Waals surface area contributed by atoms with Gasteiger partial charge in [-0.15, -0.1) is 0 Å². The molecule has 3 rings (SSSR count). The van der Waals surface area contributed by atoms with Crippen LogP contribution in [0.15, 0.2) is 42.5 Å². The molecular weight excluding hydrogens is 253 g/mol. The maximum absolute atomic E-state index is 13.4. The summed E-state index contributed by atoms with van der Waals surface area (Å²) in [6.45, 7) is 2.01. The summed E-state index contributed by atoms with van der Waals surface area (Å²) in [4.78, 5) is 2.21. The number of rotatable bonds is 2. The van der Waals surface area contributed by atoms with Crippen LogP contribution in [0.25, 0.3) is 0 Å². The number of fused-ring (bicyclic) bond motifs is 1. The molecule has 1 aliphatic heterocycles. The summed E-state index contributed by atoms with van der Waals surface area (Å²) < 4.78 is 13.4. The van der Waals surface area contributed by atoms with Crippen molar-refractivity contribution in [3.05, 3.63) is 59.4 Å². The smallest absolute Gasteiger partial charge is 0.123 e. The number of para-hydroxylation sites is 1. The van der Waals surface area contributed by atoms with Gasteiger partial charge in [-0.25, -0.2) is 4.39 Å². The largest absolute Gasteiger partial charge is 0.392 e. The van der Waals surface area contributed by atoms with E-state index < -0.39 is 0 Å². The number of nitrogens with zero attached hydrogens (tertiary/aromatic N) is 1. The Morgan fingerprint density at radius 3 is 2.80 bits per heavy atom. The van der Waals surface area contributed by atoms with Crippen LogP contribution in [0.2, 0.25) is 0 Å². The molecule has 0 fully saturated rings. The molecule has 0 spiro atoms. The second-order valence-corrected chi connectivity index (χ2v) is 5.32. The maximum Gasteiger partial charge on any atom is 0.123 e. The summed E-state index contributed by atoms with van der Waals surface area (Å²) in [5, 5.41) is 9.51. The Hall–Kier alpha value is -1.87. The van der Waals surface area contributed by atoms with Crippen LogP contribution in [0.5, 0.6) is 0 Å². The van der Waals surface area contributed by atoms with Crippen LogP contribution >= 0.6 is 0 Å². The molecular formula is C17H18FNO. The summed E-state index contributed by atoms with van der Waals surface area (Å²) in [5.74, 6) is -0.309. The minimum absolute atomic E-state index is 0.154. The molecule has 1 atom stereocenters. The Labute approximate surface area is 118 Å². The number of halogens is 1. The highest BCUT2D eigenvalue weighted by Crippen LogP contribution is 2.38. The topological polar surface area (TPSA) is 23.5 Å². The van der Waals surface area contributed by atoms with E-state index in [2.05, 4.69) is 24.0 Å². The molecule has 0 radical (unpaired) electrons. The van der Waals surface area contributed by atoms with Crippen molar-refractivity contribution >= 4 is 11.4 Å². The molecule has 1 aliphatic rings. The third kappa shape index (κ3) is 2.18. The lowest BCUT2D eigenvalue weighted by Gasteiger charge is -2.38. The van der Waals surface area contributed by atoms with Gasteiger partial charge in [0.1, 0.15) is 5.82 Å². The fourth-order valence-corrected chi connectivity index (χ4v) is 2.97. The van der Waals surface area contributed by atoms with E-state index in [1.807, 2.05) is 12.1 Å². The van der Waals surface area contributed by atoms with Gasteiger partial charge in [0, 0.05) is 23.0 Å². The second-order valence-electron chi connectivity index (χ2n) is 5.32. The van der Waals surface area contributed by atoms with E-state index in [1.54, 1.807) is 6.07 Å². The highest BCUT2D eigenvalue weighted by atomic mass is 19.1. The Balaban J connectivity index is 2.14. The predicted molar refractivity (Wildman–Crippen MR) is 78.7 cm³/mol. The van der Waals surface area contributed by atoms with Gasteiger partial charge in [0.25, 0.3) is 0 Å². The van der Waals surface area contributed by atoms with Gasteiger partial charge in [0.05, 0.1) is 6.61 Å². The molecule has 0 saturated heterocycles. The molecule has 0 aliphatic carbocycles. The molecule has 2 aromatic carbocycles. The normalized spacial score (nSPS) is 17.9. The van der Waals surface area contributed by atoms with Crippen molar-refractivity contribution < 1.29 is 9.50 Å². The van der Waals surface area contributed by atoms with Crippen LogP contribution in [-0.4, -0.2) is 11.1 Å². The minimum atomic E-state index is -0.309. The van der Waals surface area contributed by atoms with Gasteiger partial charge >= 0.3 is 0 Å². The lowest BCUT2D eigenvalue weighted by Crippen LogP contribution is -2.33. The fraction of sp³-hybridized carbons (Fsp3) is 0.294. The van der Waals surface area contributed by atoms with Gasteiger partial charge in [-0.3, -0.25) is 0 Å². The molecule has 0 amide bonds. The average molecular weight is 271 g/mol. The lowest BCUT2D eigenvalue weighted by atomic mass is 9.95. The van der Waals surface area contributed by atoms with Gasteiger partial charge in [-0.1, -0.05) is 18.2 Å². The van der Waals surface area contributed by atoms with Gasteiger partial charge in [-0.05, 0) is 49.6 Å². The van der Waals surface area contributed by atoms with Crippen molar-refractivity contribution in [2.75, 3.05) is 4.90 Å². The van der Waals surface area contributed by atoms with Gasteiger partial charge in [0.2, 0.25) is 0 Å². The van der Waals surface area contributed by atoms with Crippen LogP contribution in [0.3, 0.4) is 0 Å². The van der Waals surface area contributed by atoms with Crippen molar-refractivity contribution in [2.24, 2.45) is 0 Å². The second kappa shape index (κ2) is 5.25. The first-order valence-corrected chi connectivity index (χ1v) is 6.97. The zero-order valence-electron chi connectivity index (χ0n) is 11.5. The standard InChI is InChI=1S/C17H18FNO/c1-12-6-7-13-4-2-3-5-16(13)19(12)17-9-8-15(18)10-14(17)11-20/h2-5,8-10,12,20H,6-7,11H2,1H3. The van der Waals surface area contributed by atoms with Crippen molar-refractivity contribution in [1.29, 1.82) is 0 Å². The molecule has 1 N–H and O–H groups in total. The highest BCUT2D eigenvalue weighted by molar-refractivity contribution is 5.71. The maximum atomic E-state index is 13.4. The predicted octanol–water partition coefficient (Wildman–Crippen LogP) is 3.79. The Bertz CT molecular complexity index is 626. The van der Waals surface area contributed by atoms with E-state index in [0.29, 0.717) is 11.6 Å². The SMILES string of the molecule is CC1CCc2ccccc2N1c1ccc(F)cc1CO. The van der Waals surface area contributed by atoms with E-state index in [0.717, 1.165) is 24.2 Å². The fourth-order valence-electron chi connectivity index (χ4n) is 2.97. The van der Waals surface area contributed by atoms with Gasteiger partial charge in [0.15, 0.2) is 0 Å². The molecule has 2 aromatic rings. The Kier molecular flexibility index (Phi) is 3.45. The number of hydrogen-bond donors (Lipinski definition) is 1. The highest BCUT2D eigenvalue weighted by Gasteiger charge is 2.25. The lowest BCUT2D eigenvalue weighted by molar-refractivity contribution is 0.281. The van der Waals surface area contributed by atoms with Gasteiger partial charge < -0.3 is 10.0 Å². The van der Waals surface area contributed by atoms with Crippen molar-refractivity contribution in [1.82, 2.24) is 0 Å². The van der Waals surface area contributed by atoms with Crippen LogP contribution in [0.1, 0.15) is 24.5 Å². The van der Waals surface area contributed by atoms with E-state index >= 15 is 0 Å². The number of aliphatic hydroxyl groups excluding tert-OH is 1. The summed E-state index contributed by atoms with van der Waals surface area (Å²) >= 11 is 0. The average Bonchev–Trinajstić information content (AvgIpc) is 2.48. The van der Waals surface area contributed by atoms with E-state index in [-0.39, 0.29) is 12.4 Å². The minimum Gasteiger partial charge on any atom is -0.392 e. The van der Waals surface area contributed by atoms with E-state index in [4.69, 9.17) is 0 Å². The van der Waals surface area contributed by atoms with Crippen molar-refractivity contribution in [3.63, 3.8) is 0 Å². The molecule has 2 nitrogen and oxygen atoms in total. The summed E-state index contributed by atoms with van der Waals surface area (Å²) in [6.07, 6.45) is 2.11. The zero-order chi connectivity index (χ0) is 14.1. The van der Waals surface area contributed by atoms with Crippen LogP contribution < -0.4 is 4.90 Å². The van der Waals surface area contributed by atoms with Crippen molar-refractivity contribution in [2.45, 2.75) is 32.4 Å². The number of hydrogen-bond acceptors (Lipinski definition) is 2. The van der Waals surface area contributed by atoms with Gasteiger partial charge in [-0.2, -0.15) is 0 Å². The third-order valence-corrected chi connectivity index (χ3v) is 3.99. The molecule has 0 aromatic heterocycles. The molecule has 1 heterocycles. The first-order valence-electron chi connectivity index (χ1n) is 6.97. The zero-order valence-corrected chi connectivity index (χ0v) is 11.5. The molecule has 0 bridgehead atoms. The Morgan fingerprint density at radius 1 is 1.20 bits per heavy atom. The molecule has 104 valence electrons. The van der Waals surface area contributed by atoms with Crippen LogP contribution in [0, 0.1) is 5.82 Å². The van der Waals surface area contributed by atoms with E-state index in [1.165, 1.54) is 17.7 Å². The quantitative estimate of drug-likeness (QED) is 0.898.